The first kappa shape index (κ1) is 15.2. The van der Waals surface area contributed by atoms with E-state index in [0.717, 1.165) is 54.4 Å². The van der Waals surface area contributed by atoms with Crippen LogP contribution in [0.1, 0.15) is 23.3 Å². The van der Waals surface area contributed by atoms with Gasteiger partial charge in [-0.1, -0.05) is 12.1 Å². The molecule has 6 heteroatoms. The van der Waals surface area contributed by atoms with Crippen molar-refractivity contribution in [2.24, 2.45) is 7.05 Å². The zero-order valence-corrected chi connectivity index (χ0v) is 14.1. The summed E-state index contributed by atoms with van der Waals surface area (Å²) in [6.45, 7) is 5.72. The van der Waals surface area contributed by atoms with E-state index in [9.17, 15) is 0 Å². The van der Waals surface area contributed by atoms with Crippen LogP contribution in [0.2, 0.25) is 0 Å². The van der Waals surface area contributed by atoms with E-state index in [1.807, 2.05) is 43.6 Å². The molecule has 0 saturated carbocycles. The number of fused-ring (bicyclic) bond motifs is 1. The van der Waals surface area contributed by atoms with E-state index >= 15 is 0 Å². The topological polar surface area (TPSA) is 58.9 Å². The third-order valence-electron chi connectivity index (χ3n) is 4.71. The zero-order chi connectivity index (χ0) is 16.5. The van der Waals surface area contributed by atoms with E-state index in [2.05, 4.69) is 26.8 Å². The Morgan fingerprint density at radius 3 is 2.75 bits per heavy atom. The second kappa shape index (κ2) is 6.30. The lowest BCUT2D eigenvalue weighted by molar-refractivity contribution is 0.142. The van der Waals surface area contributed by atoms with Crippen molar-refractivity contribution in [1.82, 2.24) is 29.7 Å². The van der Waals surface area contributed by atoms with Gasteiger partial charge in [-0.2, -0.15) is 0 Å². The van der Waals surface area contributed by atoms with Gasteiger partial charge in [-0.15, -0.1) is 0 Å². The molecule has 1 unspecified atom stereocenters. The molecule has 0 bridgehead atoms. The molecule has 3 heterocycles. The Balaban J connectivity index is 1.65. The molecule has 24 heavy (non-hydrogen) atoms. The third-order valence-corrected chi connectivity index (χ3v) is 4.71. The Bertz CT molecular complexity index is 856. The highest BCUT2D eigenvalue weighted by molar-refractivity contribution is 5.74. The van der Waals surface area contributed by atoms with Crippen LogP contribution in [0, 0.1) is 6.92 Å². The van der Waals surface area contributed by atoms with Crippen molar-refractivity contribution in [2.75, 3.05) is 19.6 Å². The van der Waals surface area contributed by atoms with Gasteiger partial charge in [-0.05, 0) is 19.1 Å². The van der Waals surface area contributed by atoms with Gasteiger partial charge < -0.3 is 9.88 Å². The van der Waals surface area contributed by atoms with Crippen molar-refractivity contribution in [1.29, 1.82) is 0 Å². The average Bonchev–Trinajstić information content (AvgIpc) is 3.02. The van der Waals surface area contributed by atoms with Crippen LogP contribution in [-0.2, 0) is 13.6 Å². The number of imidazole rings is 1. The Hall–Kier alpha value is -2.31. The highest BCUT2D eigenvalue weighted by Gasteiger charge is 2.27. The van der Waals surface area contributed by atoms with Crippen molar-refractivity contribution < 1.29 is 0 Å². The maximum atomic E-state index is 4.86. The molecule has 0 radical (unpaired) electrons. The third kappa shape index (κ3) is 2.79. The number of nitrogens with one attached hydrogen (secondary N) is 1. The average molecular weight is 322 g/mol. The molecular formula is C18H22N6. The number of rotatable bonds is 3. The van der Waals surface area contributed by atoms with Crippen LogP contribution >= 0.6 is 0 Å². The number of aromatic nitrogens is 4. The molecule has 1 fully saturated rings. The van der Waals surface area contributed by atoms with Crippen LogP contribution in [0.15, 0.2) is 36.7 Å². The minimum atomic E-state index is 0.256. The summed E-state index contributed by atoms with van der Waals surface area (Å²) >= 11 is 0. The van der Waals surface area contributed by atoms with E-state index < -0.39 is 0 Å². The summed E-state index contributed by atoms with van der Waals surface area (Å²) < 4.78 is 2.10. The number of para-hydroxylation sites is 2. The molecule has 0 amide bonds. The van der Waals surface area contributed by atoms with E-state index in [0.29, 0.717) is 0 Å². The minimum absolute atomic E-state index is 0.256. The molecule has 0 spiro atoms. The lowest BCUT2D eigenvalue weighted by atomic mass is 10.1. The molecule has 3 aromatic rings. The zero-order valence-electron chi connectivity index (χ0n) is 14.1. The molecule has 1 N–H and O–H groups in total. The first-order chi connectivity index (χ1) is 11.7. The van der Waals surface area contributed by atoms with Gasteiger partial charge in [0.25, 0.3) is 0 Å². The van der Waals surface area contributed by atoms with Crippen molar-refractivity contribution in [3.8, 4) is 0 Å². The number of piperazine rings is 1. The Morgan fingerprint density at radius 1 is 1.21 bits per heavy atom. The van der Waals surface area contributed by atoms with Crippen molar-refractivity contribution in [3.05, 3.63) is 53.9 Å². The van der Waals surface area contributed by atoms with Gasteiger partial charge >= 0.3 is 0 Å². The molecular weight excluding hydrogens is 300 g/mol. The summed E-state index contributed by atoms with van der Waals surface area (Å²) in [6.07, 6.45) is 3.87. The van der Waals surface area contributed by atoms with Gasteiger partial charge in [0.2, 0.25) is 0 Å². The van der Waals surface area contributed by atoms with E-state index in [1.54, 1.807) is 0 Å². The maximum Gasteiger partial charge on any atom is 0.127 e. The second-order valence-corrected chi connectivity index (χ2v) is 6.33. The van der Waals surface area contributed by atoms with Crippen LogP contribution in [0.3, 0.4) is 0 Å². The molecule has 1 saturated heterocycles. The number of hydrogen-bond donors (Lipinski definition) is 1. The minimum Gasteiger partial charge on any atom is -0.337 e. The SMILES string of the molecule is Cc1nc2ccccc2nc1CN1CCNCC1c1nccn1C. The lowest BCUT2D eigenvalue weighted by Crippen LogP contribution is -2.46. The van der Waals surface area contributed by atoms with Gasteiger partial charge in [0, 0.05) is 45.6 Å². The number of hydrogen-bond acceptors (Lipinski definition) is 5. The van der Waals surface area contributed by atoms with E-state index in [4.69, 9.17) is 9.97 Å². The standard InChI is InChI=1S/C18H22N6/c1-13-16(22-15-6-4-3-5-14(15)21-13)12-24-10-7-19-11-17(24)18-20-8-9-23(18)2/h3-6,8-9,17,19H,7,10-12H2,1-2H3. The first-order valence-corrected chi connectivity index (χ1v) is 8.36. The first-order valence-electron chi connectivity index (χ1n) is 8.36. The lowest BCUT2D eigenvalue weighted by Gasteiger charge is -2.35. The molecule has 2 aromatic heterocycles. The predicted molar refractivity (Wildman–Crippen MR) is 93.5 cm³/mol. The molecule has 1 atom stereocenters. The van der Waals surface area contributed by atoms with E-state index in [1.165, 1.54) is 0 Å². The van der Waals surface area contributed by atoms with Crippen molar-refractivity contribution in [2.45, 2.75) is 19.5 Å². The predicted octanol–water partition coefficient (Wildman–Crippen LogP) is 1.82. The Kier molecular flexibility index (Phi) is 4.00. The quantitative estimate of drug-likeness (QED) is 0.797. The Morgan fingerprint density at radius 2 is 2.00 bits per heavy atom. The molecule has 6 nitrogen and oxygen atoms in total. The smallest absolute Gasteiger partial charge is 0.127 e. The molecule has 0 aliphatic carbocycles. The maximum absolute atomic E-state index is 4.86. The fourth-order valence-corrected chi connectivity index (χ4v) is 3.36. The number of aryl methyl sites for hydroxylation is 2. The fourth-order valence-electron chi connectivity index (χ4n) is 3.36. The molecule has 1 aliphatic heterocycles. The summed E-state index contributed by atoms with van der Waals surface area (Å²) in [5, 5.41) is 3.48. The van der Waals surface area contributed by atoms with Crippen molar-refractivity contribution >= 4 is 11.0 Å². The normalized spacial score (nSPS) is 19.0. The summed E-state index contributed by atoms with van der Waals surface area (Å²) in [4.78, 5) is 16.6. The van der Waals surface area contributed by atoms with E-state index in [-0.39, 0.29) is 6.04 Å². The van der Waals surface area contributed by atoms with Gasteiger partial charge in [0.1, 0.15) is 5.82 Å². The molecule has 1 aliphatic rings. The largest absolute Gasteiger partial charge is 0.337 e. The summed E-state index contributed by atoms with van der Waals surface area (Å²) in [7, 11) is 2.05. The van der Waals surface area contributed by atoms with Crippen LogP contribution in [-0.4, -0.2) is 44.1 Å². The Labute approximate surface area is 141 Å². The van der Waals surface area contributed by atoms with Crippen molar-refractivity contribution in [3.63, 3.8) is 0 Å². The summed E-state index contributed by atoms with van der Waals surface area (Å²) in [5.74, 6) is 1.09. The summed E-state index contributed by atoms with van der Waals surface area (Å²) in [6, 6.07) is 8.31. The van der Waals surface area contributed by atoms with Gasteiger partial charge in [-0.25, -0.2) is 15.0 Å². The van der Waals surface area contributed by atoms with Crippen LogP contribution in [0.4, 0.5) is 0 Å². The van der Waals surface area contributed by atoms with Crippen LogP contribution in [0.25, 0.3) is 11.0 Å². The van der Waals surface area contributed by atoms with Crippen LogP contribution in [0.5, 0.6) is 0 Å². The molecule has 124 valence electrons. The fraction of sp³-hybridized carbons (Fsp3) is 0.389. The van der Waals surface area contributed by atoms with Crippen LogP contribution < -0.4 is 5.32 Å². The van der Waals surface area contributed by atoms with Gasteiger partial charge in [-0.3, -0.25) is 4.90 Å². The summed E-state index contributed by atoms with van der Waals surface area (Å²) in [5.41, 5.74) is 3.97. The highest BCUT2D eigenvalue weighted by Crippen LogP contribution is 2.23. The highest BCUT2D eigenvalue weighted by atomic mass is 15.3. The molecule has 1 aromatic carbocycles. The number of nitrogens with zero attached hydrogens (tertiary/aromatic N) is 5. The number of benzene rings is 1. The second-order valence-electron chi connectivity index (χ2n) is 6.33. The van der Waals surface area contributed by atoms with Gasteiger partial charge in [0.05, 0.1) is 28.5 Å². The van der Waals surface area contributed by atoms with Gasteiger partial charge in [0.15, 0.2) is 0 Å². The monoisotopic (exact) mass is 322 g/mol. The molecule has 4 rings (SSSR count).